The summed E-state index contributed by atoms with van der Waals surface area (Å²) in [7, 11) is 0. The molecule has 118 valence electrons. The van der Waals surface area contributed by atoms with Crippen molar-refractivity contribution in [3.8, 4) is 6.07 Å². The molecule has 1 aromatic carbocycles. The summed E-state index contributed by atoms with van der Waals surface area (Å²) in [6.07, 6.45) is 5.62. The third-order valence-corrected chi connectivity index (χ3v) is 4.41. The molecule has 0 aliphatic carbocycles. The number of hydrogen-bond donors (Lipinski definition) is 1. The normalized spacial score (nSPS) is 14.3. The molecule has 1 aromatic heterocycles. The van der Waals surface area contributed by atoms with E-state index < -0.39 is 0 Å². The highest BCUT2D eigenvalue weighted by molar-refractivity contribution is 6.33. The van der Waals surface area contributed by atoms with E-state index in [1.165, 1.54) is 19.3 Å². The lowest BCUT2D eigenvalue weighted by atomic mass is 10.1. The van der Waals surface area contributed by atoms with E-state index in [-0.39, 0.29) is 0 Å². The van der Waals surface area contributed by atoms with Crippen LogP contribution in [0.15, 0.2) is 36.5 Å². The van der Waals surface area contributed by atoms with Crippen LogP contribution in [0.2, 0.25) is 5.02 Å². The number of rotatable bonds is 4. The molecule has 0 amide bonds. The fourth-order valence-corrected chi connectivity index (χ4v) is 3.10. The number of benzene rings is 1. The van der Waals surface area contributed by atoms with Gasteiger partial charge < -0.3 is 10.2 Å². The number of para-hydroxylation sites is 1. The van der Waals surface area contributed by atoms with Crippen LogP contribution in [0.5, 0.6) is 0 Å². The minimum absolute atomic E-state index is 0.558. The third kappa shape index (κ3) is 3.75. The van der Waals surface area contributed by atoms with E-state index in [0.29, 0.717) is 22.8 Å². The first-order valence-corrected chi connectivity index (χ1v) is 8.28. The van der Waals surface area contributed by atoms with Crippen molar-refractivity contribution in [2.24, 2.45) is 0 Å². The minimum Gasteiger partial charge on any atom is -0.379 e. The molecule has 5 heteroatoms. The quantitative estimate of drug-likeness (QED) is 0.914. The lowest BCUT2D eigenvalue weighted by Crippen LogP contribution is -2.30. The number of nitrogens with zero attached hydrogens (tertiary/aromatic N) is 3. The summed E-state index contributed by atoms with van der Waals surface area (Å²) in [5, 5.41) is 13.0. The predicted molar refractivity (Wildman–Crippen MR) is 93.8 cm³/mol. The largest absolute Gasteiger partial charge is 0.379 e. The summed E-state index contributed by atoms with van der Waals surface area (Å²) < 4.78 is 0. The Morgan fingerprint density at radius 3 is 2.83 bits per heavy atom. The summed E-state index contributed by atoms with van der Waals surface area (Å²) in [6, 6.07) is 11.6. The number of pyridine rings is 1. The highest BCUT2D eigenvalue weighted by Gasteiger charge is 2.12. The number of nitriles is 1. The maximum absolute atomic E-state index is 9.19. The van der Waals surface area contributed by atoms with Crippen LogP contribution in [-0.2, 0) is 6.54 Å². The van der Waals surface area contributed by atoms with Crippen molar-refractivity contribution in [3.05, 3.63) is 52.7 Å². The molecule has 1 saturated heterocycles. The second-order valence-electron chi connectivity index (χ2n) is 5.70. The van der Waals surface area contributed by atoms with Gasteiger partial charge in [-0.2, -0.15) is 5.26 Å². The van der Waals surface area contributed by atoms with Gasteiger partial charge in [-0.3, -0.25) is 0 Å². The third-order valence-electron chi connectivity index (χ3n) is 4.09. The topological polar surface area (TPSA) is 52.0 Å². The highest BCUT2D eigenvalue weighted by atomic mass is 35.5. The molecule has 2 heterocycles. The number of anilines is 2. The molecule has 0 saturated carbocycles. The van der Waals surface area contributed by atoms with Crippen LogP contribution >= 0.6 is 11.6 Å². The lowest BCUT2D eigenvalue weighted by molar-refractivity contribution is 0.573. The first kappa shape index (κ1) is 15.6. The Morgan fingerprint density at radius 1 is 1.22 bits per heavy atom. The maximum atomic E-state index is 9.19. The van der Waals surface area contributed by atoms with Gasteiger partial charge >= 0.3 is 0 Å². The van der Waals surface area contributed by atoms with Gasteiger partial charge in [0.25, 0.3) is 0 Å². The van der Waals surface area contributed by atoms with E-state index in [1.54, 1.807) is 18.2 Å². The standard InChI is InChI=1S/C18H19ClN4/c19-16-6-4-5-15(12-20)18(16)22-13-14-7-8-21-17(11-14)23-9-2-1-3-10-23/h4-8,11,22H,1-3,9-10,13H2. The van der Waals surface area contributed by atoms with Crippen molar-refractivity contribution < 1.29 is 0 Å². The molecular weight excluding hydrogens is 308 g/mol. The zero-order chi connectivity index (χ0) is 16.1. The van der Waals surface area contributed by atoms with Crippen molar-refractivity contribution in [1.29, 1.82) is 5.26 Å². The van der Waals surface area contributed by atoms with Crippen LogP contribution in [0.1, 0.15) is 30.4 Å². The van der Waals surface area contributed by atoms with Crippen molar-refractivity contribution in [2.45, 2.75) is 25.8 Å². The number of aromatic nitrogens is 1. The minimum atomic E-state index is 0.558. The van der Waals surface area contributed by atoms with Crippen LogP contribution in [0.3, 0.4) is 0 Å². The zero-order valence-corrected chi connectivity index (χ0v) is 13.7. The molecule has 0 atom stereocenters. The molecule has 0 radical (unpaired) electrons. The molecule has 23 heavy (non-hydrogen) atoms. The van der Waals surface area contributed by atoms with Gasteiger partial charge in [-0.05, 0) is 49.1 Å². The maximum Gasteiger partial charge on any atom is 0.128 e. The average molecular weight is 327 g/mol. The van der Waals surface area contributed by atoms with Gasteiger partial charge in [0.15, 0.2) is 0 Å². The van der Waals surface area contributed by atoms with Crippen molar-refractivity contribution >= 4 is 23.1 Å². The second-order valence-corrected chi connectivity index (χ2v) is 6.10. The van der Waals surface area contributed by atoms with Crippen LogP contribution in [0, 0.1) is 11.3 Å². The number of hydrogen-bond acceptors (Lipinski definition) is 4. The molecule has 2 aromatic rings. The van der Waals surface area contributed by atoms with Gasteiger partial charge in [0, 0.05) is 25.8 Å². The van der Waals surface area contributed by atoms with Crippen LogP contribution in [0.4, 0.5) is 11.5 Å². The Hall–Kier alpha value is -2.25. The van der Waals surface area contributed by atoms with E-state index in [9.17, 15) is 5.26 Å². The first-order chi connectivity index (χ1) is 11.3. The van der Waals surface area contributed by atoms with Gasteiger partial charge in [-0.25, -0.2) is 4.98 Å². The SMILES string of the molecule is N#Cc1cccc(Cl)c1NCc1ccnc(N2CCCCC2)c1. The number of piperidine rings is 1. The van der Waals surface area contributed by atoms with Gasteiger partial charge in [0.2, 0.25) is 0 Å². The number of nitrogens with one attached hydrogen (secondary N) is 1. The van der Waals surface area contributed by atoms with Crippen LogP contribution in [0.25, 0.3) is 0 Å². The van der Waals surface area contributed by atoms with Gasteiger partial charge in [-0.15, -0.1) is 0 Å². The van der Waals surface area contributed by atoms with Crippen LogP contribution in [-0.4, -0.2) is 18.1 Å². The summed E-state index contributed by atoms with van der Waals surface area (Å²) >= 11 is 6.19. The summed E-state index contributed by atoms with van der Waals surface area (Å²) in [6.45, 7) is 2.77. The Balaban J connectivity index is 1.73. The highest BCUT2D eigenvalue weighted by Crippen LogP contribution is 2.26. The van der Waals surface area contributed by atoms with Crippen molar-refractivity contribution in [3.63, 3.8) is 0 Å². The molecule has 1 N–H and O–H groups in total. The van der Waals surface area contributed by atoms with Gasteiger partial charge in [0.05, 0.1) is 16.3 Å². The van der Waals surface area contributed by atoms with E-state index >= 15 is 0 Å². The fraction of sp³-hybridized carbons (Fsp3) is 0.333. The second kappa shape index (κ2) is 7.34. The molecule has 0 unspecified atom stereocenters. The molecule has 0 spiro atoms. The molecule has 4 nitrogen and oxygen atoms in total. The van der Waals surface area contributed by atoms with Gasteiger partial charge in [0.1, 0.15) is 11.9 Å². The van der Waals surface area contributed by atoms with Crippen molar-refractivity contribution in [1.82, 2.24) is 4.98 Å². The average Bonchev–Trinajstić information content (AvgIpc) is 2.61. The monoisotopic (exact) mass is 326 g/mol. The Kier molecular flexibility index (Phi) is 4.99. The Labute approximate surface area is 141 Å². The zero-order valence-electron chi connectivity index (χ0n) is 12.9. The lowest BCUT2D eigenvalue weighted by Gasteiger charge is -2.28. The van der Waals surface area contributed by atoms with Gasteiger partial charge in [-0.1, -0.05) is 17.7 Å². The summed E-state index contributed by atoms with van der Waals surface area (Å²) in [5.41, 5.74) is 2.38. The summed E-state index contributed by atoms with van der Waals surface area (Å²) in [4.78, 5) is 6.83. The van der Waals surface area contributed by atoms with E-state index in [4.69, 9.17) is 11.6 Å². The van der Waals surface area contributed by atoms with Crippen molar-refractivity contribution in [2.75, 3.05) is 23.3 Å². The molecule has 1 aliphatic rings. The van der Waals surface area contributed by atoms with E-state index in [1.807, 2.05) is 12.3 Å². The van der Waals surface area contributed by atoms with E-state index in [2.05, 4.69) is 27.3 Å². The number of halogens is 1. The molecular formula is C18H19ClN4. The first-order valence-electron chi connectivity index (χ1n) is 7.90. The van der Waals surface area contributed by atoms with E-state index in [0.717, 1.165) is 24.5 Å². The molecule has 1 fully saturated rings. The Bertz CT molecular complexity index is 717. The smallest absolute Gasteiger partial charge is 0.128 e. The fourth-order valence-electron chi connectivity index (χ4n) is 2.85. The predicted octanol–water partition coefficient (Wildman–Crippen LogP) is 4.21. The molecule has 1 aliphatic heterocycles. The molecule has 3 rings (SSSR count). The Morgan fingerprint density at radius 2 is 2.04 bits per heavy atom. The molecule has 0 bridgehead atoms. The summed E-state index contributed by atoms with van der Waals surface area (Å²) in [5.74, 6) is 1.03. The van der Waals surface area contributed by atoms with Crippen LogP contribution < -0.4 is 10.2 Å².